The third-order valence-electron chi connectivity index (χ3n) is 6.05. The number of para-hydroxylation sites is 2. The van der Waals surface area contributed by atoms with Gasteiger partial charge in [-0.25, -0.2) is 0 Å². The minimum absolute atomic E-state index is 0.0751. The van der Waals surface area contributed by atoms with Gasteiger partial charge in [0.15, 0.2) is 0 Å². The summed E-state index contributed by atoms with van der Waals surface area (Å²) in [6.45, 7) is 8.88. The van der Waals surface area contributed by atoms with Crippen molar-refractivity contribution in [2.45, 2.75) is 20.4 Å². The van der Waals surface area contributed by atoms with Gasteiger partial charge < -0.3 is 15.0 Å². The lowest BCUT2D eigenvalue weighted by molar-refractivity contribution is 0.102. The van der Waals surface area contributed by atoms with Crippen molar-refractivity contribution in [2.75, 3.05) is 43.5 Å². The summed E-state index contributed by atoms with van der Waals surface area (Å²) in [6, 6.07) is 22.2. The van der Waals surface area contributed by atoms with Crippen LogP contribution >= 0.6 is 0 Å². The highest BCUT2D eigenvalue weighted by Crippen LogP contribution is 2.28. The Morgan fingerprint density at radius 1 is 0.938 bits per heavy atom. The average molecular weight is 430 g/mol. The molecular formula is C27H31N3O2. The number of rotatable bonds is 6. The first-order valence-electron chi connectivity index (χ1n) is 11.1. The molecule has 4 rings (SSSR count). The van der Waals surface area contributed by atoms with Crippen LogP contribution in [0.3, 0.4) is 0 Å². The number of hydrogen-bond acceptors (Lipinski definition) is 4. The number of nitrogens with zero attached hydrogens (tertiary/aromatic N) is 2. The average Bonchev–Trinajstić information content (AvgIpc) is 2.82. The maximum Gasteiger partial charge on any atom is 0.255 e. The van der Waals surface area contributed by atoms with E-state index >= 15 is 0 Å². The van der Waals surface area contributed by atoms with Gasteiger partial charge in [0, 0.05) is 44.0 Å². The van der Waals surface area contributed by atoms with Crippen molar-refractivity contribution in [3.05, 3.63) is 89.0 Å². The summed E-state index contributed by atoms with van der Waals surface area (Å²) in [5.41, 5.74) is 6.18. The van der Waals surface area contributed by atoms with Crippen LogP contribution in [0.4, 0.5) is 11.4 Å². The molecule has 1 amide bonds. The van der Waals surface area contributed by atoms with Gasteiger partial charge in [0.05, 0.1) is 12.8 Å². The lowest BCUT2D eigenvalue weighted by atomic mass is 10.1. The van der Waals surface area contributed by atoms with E-state index in [2.05, 4.69) is 52.4 Å². The van der Waals surface area contributed by atoms with Gasteiger partial charge in [0.2, 0.25) is 0 Å². The predicted molar refractivity (Wildman–Crippen MR) is 131 cm³/mol. The summed E-state index contributed by atoms with van der Waals surface area (Å²) < 4.78 is 5.51. The van der Waals surface area contributed by atoms with Crippen molar-refractivity contribution in [3.8, 4) is 5.75 Å². The molecule has 0 aliphatic carbocycles. The van der Waals surface area contributed by atoms with Gasteiger partial charge in [0.1, 0.15) is 5.75 Å². The highest BCUT2D eigenvalue weighted by Gasteiger charge is 2.19. The van der Waals surface area contributed by atoms with Crippen molar-refractivity contribution in [2.24, 2.45) is 0 Å². The Hall–Kier alpha value is -3.31. The van der Waals surface area contributed by atoms with Crippen LogP contribution in [-0.4, -0.2) is 44.1 Å². The molecule has 1 saturated heterocycles. The zero-order chi connectivity index (χ0) is 22.5. The number of nitrogens with one attached hydrogen (secondary N) is 1. The van der Waals surface area contributed by atoms with Gasteiger partial charge in [0.25, 0.3) is 5.91 Å². The van der Waals surface area contributed by atoms with Crippen LogP contribution in [0.15, 0.2) is 66.7 Å². The van der Waals surface area contributed by atoms with Crippen LogP contribution in [0, 0.1) is 13.8 Å². The first kappa shape index (κ1) is 21.9. The molecule has 5 heteroatoms. The van der Waals surface area contributed by atoms with Crippen LogP contribution in [0.2, 0.25) is 0 Å². The normalized spacial score (nSPS) is 14.3. The Kier molecular flexibility index (Phi) is 6.76. The Morgan fingerprint density at radius 2 is 1.66 bits per heavy atom. The number of aryl methyl sites for hydroxylation is 2. The summed E-state index contributed by atoms with van der Waals surface area (Å²) in [7, 11) is 1.72. The van der Waals surface area contributed by atoms with Gasteiger partial charge in [-0.1, -0.05) is 42.0 Å². The first-order valence-corrected chi connectivity index (χ1v) is 11.1. The van der Waals surface area contributed by atoms with Crippen molar-refractivity contribution in [1.82, 2.24) is 4.90 Å². The summed E-state index contributed by atoms with van der Waals surface area (Å²) in [4.78, 5) is 17.5. The molecule has 0 atom stereocenters. The number of hydrogen-bond donors (Lipinski definition) is 1. The van der Waals surface area contributed by atoms with Crippen LogP contribution in [0.25, 0.3) is 0 Å². The molecule has 166 valence electrons. The van der Waals surface area contributed by atoms with E-state index < -0.39 is 0 Å². The Morgan fingerprint density at radius 3 is 2.34 bits per heavy atom. The van der Waals surface area contributed by atoms with Gasteiger partial charge in [-0.2, -0.15) is 0 Å². The fourth-order valence-corrected chi connectivity index (χ4v) is 4.21. The SMILES string of the molecule is COc1ccccc1N1CCN(Cc2ccc(C(=O)Nc3ccc(C)cc3C)cc2)CC1. The van der Waals surface area contributed by atoms with E-state index in [9.17, 15) is 4.79 Å². The van der Waals surface area contributed by atoms with E-state index in [1.54, 1.807) is 7.11 Å². The van der Waals surface area contributed by atoms with E-state index in [1.165, 1.54) is 11.1 Å². The standard InChI is InChI=1S/C27H31N3O2/c1-20-8-13-24(21(2)18-20)28-27(31)23-11-9-22(10-12-23)19-29-14-16-30(17-15-29)25-6-4-5-7-26(25)32-3/h4-13,18H,14-17,19H2,1-3H3,(H,28,31). The number of amides is 1. The smallest absolute Gasteiger partial charge is 0.255 e. The van der Waals surface area contributed by atoms with E-state index in [0.29, 0.717) is 5.56 Å². The number of ether oxygens (including phenoxy) is 1. The molecule has 0 spiro atoms. The topological polar surface area (TPSA) is 44.8 Å². The van der Waals surface area contributed by atoms with Gasteiger partial charge in [-0.15, -0.1) is 0 Å². The zero-order valence-electron chi connectivity index (χ0n) is 19.1. The second kappa shape index (κ2) is 9.88. The van der Waals surface area contributed by atoms with Crippen molar-refractivity contribution < 1.29 is 9.53 Å². The minimum atomic E-state index is -0.0751. The fourth-order valence-electron chi connectivity index (χ4n) is 4.21. The van der Waals surface area contributed by atoms with E-state index in [1.807, 2.05) is 43.3 Å². The van der Waals surface area contributed by atoms with Crippen LogP contribution in [0.5, 0.6) is 5.75 Å². The largest absolute Gasteiger partial charge is 0.495 e. The fraction of sp³-hybridized carbons (Fsp3) is 0.296. The lowest BCUT2D eigenvalue weighted by Gasteiger charge is -2.36. The molecule has 0 saturated carbocycles. The Bertz CT molecular complexity index is 1070. The number of carbonyl (C=O) groups is 1. The summed E-state index contributed by atoms with van der Waals surface area (Å²) in [5.74, 6) is 0.851. The molecule has 3 aromatic rings. The molecule has 0 bridgehead atoms. The second-order valence-electron chi connectivity index (χ2n) is 8.40. The highest BCUT2D eigenvalue weighted by molar-refractivity contribution is 6.04. The summed E-state index contributed by atoms with van der Waals surface area (Å²) in [5, 5.41) is 3.02. The molecule has 1 fully saturated rings. The van der Waals surface area contributed by atoms with Crippen LogP contribution in [0.1, 0.15) is 27.0 Å². The molecule has 1 N–H and O–H groups in total. The Balaban J connectivity index is 1.32. The molecule has 0 radical (unpaired) electrons. The van der Waals surface area contributed by atoms with Crippen molar-refractivity contribution in [3.63, 3.8) is 0 Å². The number of carbonyl (C=O) groups excluding carboxylic acids is 1. The molecule has 1 aliphatic heterocycles. The Labute approximate surface area is 190 Å². The number of benzene rings is 3. The molecule has 32 heavy (non-hydrogen) atoms. The zero-order valence-corrected chi connectivity index (χ0v) is 19.1. The molecule has 1 heterocycles. The third-order valence-corrected chi connectivity index (χ3v) is 6.05. The molecule has 0 unspecified atom stereocenters. The second-order valence-corrected chi connectivity index (χ2v) is 8.40. The third kappa shape index (κ3) is 5.11. The number of methoxy groups -OCH3 is 1. The number of anilines is 2. The molecule has 0 aromatic heterocycles. The van der Waals surface area contributed by atoms with Crippen LogP contribution < -0.4 is 15.0 Å². The summed E-state index contributed by atoms with van der Waals surface area (Å²) in [6.07, 6.45) is 0. The van der Waals surface area contributed by atoms with Crippen molar-refractivity contribution >= 4 is 17.3 Å². The minimum Gasteiger partial charge on any atom is -0.495 e. The van der Waals surface area contributed by atoms with Crippen LogP contribution in [-0.2, 0) is 6.54 Å². The molecule has 5 nitrogen and oxygen atoms in total. The van der Waals surface area contributed by atoms with Gasteiger partial charge >= 0.3 is 0 Å². The maximum atomic E-state index is 12.6. The van der Waals surface area contributed by atoms with E-state index in [4.69, 9.17) is 4.74 Å². The molecule has 1 aliphatic rings. The predicted octanol–water partition coefficient (Wildman–Crippen LogP) is 4.89. The van der Waals surface area contributed by atoms with Gasteiger partial charge in [-0.05, 0) is 55.3 Å². The number of piperazine rings is 1. The van der Waals surface area contributed by atoms with Gasteiger partial charge in [-0.3, -0.25) is 9.69 Å². The monoisotopic (exact) mass is 429 g/mol. The van der Waals surface area contributed by atoms with E-state index in [0.717, 1.165) is 55.4 Å². The quantitative estimate of drug-likeness (QED) is 0.606. The summed E-state index contributed by atoms with van der Waals surface area (Å²) >= 11 is 0. The molecule has 3 aromatic carbocycles. The first-order chi connectivity index (χ1) is 15.5. The lowest BCUT2D eigenvalue weighted by Crippen LogP contribution is -2.46. The molecular weight excluding hydrogens is 398 g/mol. The maximum absolute atomic E-state index is 12.6. The highest BCUT2D eigenvalue weighted by atomic mass is 16.5. The van der Waals surface area contributed by atoms with E-state index in [-0.39, 0.29) is 5.91 Å². The van der Waals surface area contributed by atoms with Crippen molar-refractivity contribution in [1.29, 1.82) is 0 Å².